The molecule has 1 saturated heterocycles. The van der Waals surface area contributed by atoms with Crippen LogP contribution in [0.2, 0.25) is 0 Å². The number of nitrogens with two attached hydrogens (primary N) is 1. The number of carboxylic acid groups (broad SMARTS) is 1. The van der Waals surface area contributed by atoms with E-state index in [9.17, 15) is 24.2 Å². The number of benzene rings is 1. The van der Waals surface area contributed by atoms with Crippen molar-refractivity contribution >= 4 is 51.7 Å². The van der Waals surface area contributed by atoms with E-state index in [1.807, 2.05) is 30.3 Å². The zero-order chi connectivity index (χ0) is 24.2. The quantitative estimate of drug-likeness (QED) is 0.101. The Labute approximate surface area is 230 Å². The summed E-state index contributed by atoms with van der Waals surface area (Å²) in [6.45, 7) is -1.18. The normalized spacial score (nSPS) is 20.1. The number of carbonyl (C=O) groups is 2. The van der Waals surface area contributed by atoms with Crippen molar-refractivity contribution in [3.8, 4) is 0 Å². The van der Waals surface area contributed by atoms with Gasteiger partial charge in [-0.05, 0) is 25.0 Å². The number of hydrogen-bond acceptors (Lipinski definition) is 10. The first kappa shape index (κ1) is 27.1. The van der Waals surface area contributed by atoms with Crippen molar-refractivity contribution in [2.24, 2.45) is 10.1 Å². The number of aliphatic carboxylic acids is 1. The number of nitrogens with zero attached hydrogens (tertiary/aromatic N) is 4. The average Bonchev–Trinajstić information content (AvgIpc) is 3.26. The van der Waals surface area contributed by atoms with Crippen molar-refractivity contribution in [1.82, 2.24) is 9.88 Å². The number of thioether (sulfide) groups is 1. The van der Waals surface area contributed by atoms with E-state index in [-0.39, 0.29) is 58.4 Å². The SMILES string of the molecule is Nc1nc(/C(=N\OCCF)C([O-])=N[C@@H]2C(=O)N3C(C(=O)O)=C(Sc4ccccc4)CC[C@H]23)cs1.[Na+]. The summed E-state index contributed by atoms with van der Waals surface area (Å²) in [5, 5.41) is 27.9. The molecule has 4 rings (SSSR count). The number of rotatable bonds is 9. The van der Waals surface area contributed by atoms with Crippen LogP contribution >= 0.6 is 23.1 Å². The van der Waals surface area contributed by atoms with Crippen LogP contribution in [0.4, 0.5) is 9.52 Å². The number of aromatic nitrogens is 1. The molecule has 10 nitrogen and oxygen atoms in total. The fourth-order valence-electron chi connectivity index (χ4n) is 3.64. The van der Waals surface area contributed by atoms with Gasteiger partial charge in [0.15, 0.2) is 5.13 Å². The smallest absolute Gasteiger partial charge is 0.857 e. The van der Waals surface area contributed by atoms with Crippen LogP contribution in [-0.4, -0.2) is 63.8 Å². The van der Waals surface area contributed by atoms with Crippen LogP contribution in [0, 0.1) is 0 Å². The van der Waals surface area contributed by atoms with Crippen LogP contribution in [-0.2, 0) is 14.4 Å². The summed E-state index contributed by atoms with van der Waals surface area (Å²) < 4.78 is 12.4. The van der Waals surface area contributed by atoms with E-state index in [0.717, 1.165) is 16.2 Å². The Kier molecular flexibility index (Phi) is 9.30. The summed E-state index contributed by atoms with van der Waals surface area (Å²) in [5.74, 6) is -2.70. The predicted octanol–water partition coefficient (Wildman–Crippen LogP) is -1.36. The Morgan fingerprint density at radius 3 is 2.77 bits per heavy atom. The molecule has 2 aliphatic heterocycles. The topological polar surface area (TPSA) is 154 Å². The molecule has 1 aromatic carbocycles. The number of hydrogen-bond donors (Lipinski definition) is 2. The molecular weight excluding hydrogens is 508 g/mol. The van der Waals surface area contributed by atoms with Gasteiger partial charge in [0.25, 0.3) is 5.91 Å². The van der Waals surface area contributed by atoms with E-state index in [1.54, 1.807) is 0 Å². The Balaban J connectivity index is 0.00000342. The number of β-lactam (4-membered cyclic amide) rings is 1. The molecule has 0 spiro atoms. The van der Waals surface area contributed by atoms with E-state index < -0.39 is 36.5 Å². The summed E-state index contributed by atoms with van der Waals surface area (Å²) in [5.41, 5.74) is 5.31. The second kappa shape index (κ2) is 12.0. The number of carbonyl (C=O) groups excluding carboxylic acids is 1. The minimum Gasteiger partial charge on any atom is -0.857 e. The van der Waals surface area contributed by atoms with Gasteiger partial charge in [0.05, 0.1) is 6.04 Å². The summed E-state index contributed by atoms with van der Waals surface area (Å²) in [7, 11) is 0. The number of thiazole rings is 1. The maximum atomic E-state index is 12.9. The first-order chi connectivity index (χ1) is 16.4. The fourth-order valence-corrected chi connectivity index (χ4v) is 5.27. The van der Waals surface area contributed by atoms with Crippen LogP contribution in [0.1, 0.15) is 18.5 Å². The van der Waals surface area contributed by atoms with Crippen LogP contribution in [0.5, 0.6) is 0 Å². The van der Waals surface area contributed by atoms with Crippen molar-refractivity contribution < 1.29 is 58.6 Å². The molecule has 3 N–H and O–H groups in total. The molecule has 0 aliphatic carbocycles. The van der Waals surface area contributed by atoms with Gasteiger partial charge in [0.2, 0.25) is 0 Å². The van der Waals surface area contributed by atoms with Gasteiger partial charge >= 0.3 is 35.5 Å². The third-order valence-electron chi connectivity index (χ3n) is 5.09. The molecule has 2 aromatic rings. The predicted molar refractivity (Wildman–Crippen MR) is 123 cm³/mol. The molecule has 35 heavy (non-hydrogen) atoms. The summed E-state index contributed by atoms with van der Waals surface area (Å²) >= 11 is 2.36. The summed E-state index contributed by atoms with van der Waals surface area (Å²) in [6, 6.07) is 7.62. The van der Waals surface area contributed by atoms with Crippen LogP contribution in [0.25, 0.3) is 0 Å². The molecule has 178 valence electrons. The number of nitrogen functional groups attached to an aromatic ring is 1. The summed E-state index contributed by atoms with van der Waals surface area (Å²) in [6.07, 6.45) is 0.854. The molecule has 2 atom stereocenters. The number of halogens is 1. The van der Waals surface area contributed by atoms with Crippen molar-refractivity contribution in [1.29, 1.82) is 0 Å². The number of allylic oxidation sites excluding steroid dienone is 1. The van der Waals surface area contributed by atoms with E-state index in [4.69, 9.17) is 10.6 Å². The minimum absolute atomic E-state index is 0. The molecule has 3 heterocycles. The number of fused-ring (bicyclic) bond motifs is 1. The van der Waals surface area contributed by atoms with E-state index in [1.165, 1.54) is 22.0 Å². The first-order valence-corrected chi connectivity index (χ1v) is 11.8. The van der Waals surface area contributed by atoms with Gasteiger partial charge in [-0.2, -0.15) is 0 Å². The Morgan fingerprint density at radius 2 is 2.14 bits per heavy atom. The van der Waals surface area contributed by atoms with Gasteiger partial charge in [-0.15, -0.1) is 11.3 Å². The van der Waals surface area contributed by atoms with Gasteiger partial charge < -0.3 is 20.8 Å². The minimum atomic E-state index is -1.22. The standard InChI is InChI=1S/C21H20FN5O5S2.Na/c22-8-9-32-26-15(12-10-33-21(23)24-12)18(28)25-16-13-6-7-14(34-11-4-2-1-3-5-11)17(20(30)31)27(13)19(16)29;/h1-5,10,13,16H,6-9H2,(H2,23,24)(H,25,28)(H,30,31);/q;+1/p-1/b26-15+;/t13-,16+;/m1./s1. The van der Waals surface area contributed by atoms with Gasteiger partial charge in [-0.25, -0.2) is 14.2 Å². The molecule has 0 bridgehead atoms. The Bertz CT molecular complexity index is 1190. The molecule has 14 heteroatoms. The third-order valence-corrected chi connectivity index (χ3v) is 6.92. The maximum Gasteiger partial charge on any atom is 1.00 e. The number of amides is 1. The number of oxime groups is 1. The molecule has 1 aromatic heterocycles. The second-order valence-electron chi connectivity index (χ2n) is 7.22. The monoisotopic (exact) mass is 527 g/mol. The molecule has 2 aliphatic rings. The first-order valence-electron chi connectivity index (χ1n) is 10.2. The largest absolute Gasteiger partial charge is 1.00 e. The van der Waals surface area contributed by atoms with Crippen molar-refractivity contribution in [3.63, 3.8) is 0 Å². The molecule has 0 unspecified atom stereocenters. The summed E-state index contributed by atoms with van der Waals surface area (Å²) in [4.78, 5) is 40.3. The van der Waals surface area contributed by atoms with Crippen LogP contribution in [0.15, 0.2) is 61.4 Å². The fraction of sp³-hybridized carbons (Fsp3) is 0.286. The van der Waals surface area contributed by atoms with Crippen LogP contribution < -0.4 is 40.4 Å². The zero-order valence-corrected chi connectivity index (χ0v) is 22.2. The van der Waals surface area contributed by atoms with Crippen molar-refractivity contribution in [3.05, 3.63) is 52.0 Å². The molecule has 0 saturated carbocycles. The third kappa shape index (κ3) is 5.86. The Morgan fingerprint density at radius 1 is 1.40 bits per heavy atom. The van der Waals surface area contributed by atoms with E-state index >= 15 is 0 Å². The van der Waals surface area contributed by atoms with Gasteiger partial charge in [0, 0.05) is 21.1 Å². The van der Waals surface area contributed by atoms with Crippen molar-refractivity contribution in [2.75, 3.05) is 19.0 Å². The van der Waals surface area contributed by atoms with Crippen molar-refractivity contribution in [2.45, 2.75) is 29.8 Å². The van der Waals surface area contributed by atoms with E-state index in [0.29, 0.717) is 17.7 Å². The molecule has 1 amide bonds. The number of alkyl halides is 1. The van der Waals surface area contributed by atoms with Gasteiger partial charge in [-0.1, -0.05) is 35.1 Å². The van der Waals surface area contributed by atoms with Gasteiger partial charge in [0.1, 0.15) is 36.4 Å². The van der Waals surface area contributed by atoms with Gasteiger partial charge in [-0.3, -0.25) is 14.7 Å². The van der Waals surface area contributed by atoms with E-state index in [2.05, 4.69) is 15.1 Å². The molecule has 1 fully saturated rings. The van der Waals surface area contributed by atoms with Crippen LogP contribution in [0.3, 0.4) is 0 Å². The number of aliphatic imine (C=N–C) groups is 1. The molecule has 0 radical (unpaired) electrons. The Hall–Kier alpha value is -2.45. The molecular formula is C21H19FN5NaO5S2. The maximum absolute atomic E-state index is 12.9. The number of anilines is 1. The zero-order valence-electron chi connectivity index (χ0n) is 18.6. The number of carboxylic acids is 1. The average molecular weight is 528 g/mol. The second-order valence-corrected chi connectivity index (χ2v) is 9.28.